The molecule has 1 saturated heterocycles. The molecular weight excluding hydrogens is 479 g/mol. The van der Waals surface area contributed by atoms with Crippen molar-refractivity contribution in [1.29, 1.82) is 0 Å². The molecule has 4 rings (SSSR count). The summed E-state index contributed by atoms with van der Waals surface area (Å²) < 4.78 is 18.8. The maximum absolute atomic E-state index is 13.4. The van der Waals surface area contributed by atoms with E-state index >= 15 is 0 Å². The summed E-state index contributed by atoms with van der Waals surface area (Å²) in [5.41, 5.74) is 1.63. The topological polar surface area (TPSA) is 82.9 Å². The van der Waals surface area contributed by atoms with E-state index in [2.05, 4.69) is 9.88 Å². The number of aliphatic hydroxyl groups excluding tert-OH is 1. The molecule has 1 aliphatic rings. The van der Waals surface area contributed by atoms with Gasteiger partial charge in [-0.2, -0.15) is 0 Å². The molecule has 0 spiro atoms. The van der Waals surface area contributed by atoms with Gasteiger partial charge in [-0.05, 0) is 85.7 Å². The fraction of sp³-hybridized carbons (Fsp3) is 0.429. The average molecular weight is 513 g/mol. The Morgan fingerprint density at radius 2 is 2.11 bits per heavy atom. The zero-order valence-electron chi connectivity index (χ0n) is 20.5. The fourth-order valence-corrected chi connectivity index (χ4v) is 6.09. The Labute approximate surface area is 215 Å². The third-order valence-corrected chi connectivity index (χ3v) is 8.01. The van der Waals surface area contributed by atoms with Crippen molar-refractivity contribution < 1.29 is 24.1 Å². The summed E-state index contributed by atoms with van der Waals surface area (Å²) >= 11 is 1.61. The molecule has 3 aromatic rings. The van der Waals surface area contributed by atoms with Crippen LogP contribution in [0.4, 0.5) is 4.39 Å². The number of carboxylic acids is 1. The van der Waals surface area contributed by atoms with Gasteiger partial charge in [0.05, 0.1) is 18.7 Å². The highest BCUT2D eigenvalue weighted by Gasteiger charge is 2.31. The molecule has 2 heterocycles. The number of rotatable bonds is 11. The second kappa shape index (κ2) is 12.5. The van der Waals surface area contributed by atoms with Crippen LogP contribution in [0.3, 0.4) is 0 Å². The molecule has 192 valence electrons. The zero-order chi connectivity index (χ0) is 25.5. The van der Waals surface area contributed by atoms with Crippen LogP contribution in [0.25, 0.3) is 10.9 Å². The van der Waals surface area contributed by atoms with Crippen LogP contribution >= 0.6 is 11.8 Å². The highest BCUT2D eigenvalue weighted by Crippen LogP contribution is 2.35. The number of nitrogens with zero attached hydrogens (tertiary/aromatic N) is 2. The lowest BCUT2D eigenvalue weighted by molar-refractivity contribution is -0.139. The number of piperidine rings is 1. The van der Waals surface area contributed by atoms with E-state index in [1.165, 1.54) is 12.1 Å². The van der Waals surface area contributed by atoms with E-state index in [4.69, 9.17) is 4.74 Å². The molecule has 0 unspecified atom stereocenters. The van der Waals surface area contributed by atoms with Crippen molar-refractivity contribution in [2.45, 2.75) is 36.7 Å². The van der Waals surface area contributed by atoms with E-state index in [9.17, 15) is 19.4 Å². The minimum atomic E-state index is -0.784. The number of halogens is 1. The predicted octanol–water partition coefficient (Wildman–Crippen LogP) is 5.40. The maximum Gasteiger partial charge on any atom is 0.303 e. The molecule has 0 amide bonds. The summed E-state index contributed by atoms with van der Waals surface area (Å²) in [6.45, 7) is 2.46. The second-order valence-corrected chi connectivity index (χ2v) is 10.6. The Bertz CT molecular complexity index is 1180. The number of carboxylic acid groups (broad SMARTS) is 1. The van der Waals surface area contributed by atoms with E-state index in [0.717, 1.165) is 59.6 Å². The predicted molar refractivity (Wildman–Crippen MR) is 140 cm³/mol. The van der Waals surface area contributed by atoms with Crippen LogP contribution in [0.2, 0.25) is 0 Å². The van der Waals surface area contributed by atoms with Crippen molar-refractivity contribution in [3.63, 3.8) is 0 Å². The number of likely N-dealkylation sites (tertiary alicyclic amines) is 1. The van der Waals surface area contributed by atoms with Gasteiger partial charge < -0.3 is 19.8 Å². The number of benzene rings is 2. The Hall–Kier alpha value is -2.68. The Kier molecular flexibility index (Phi) is 9.18. The summed E-state index contributed by atoms with van der Waals surface area (Å²) in [4.78, 5) is 19.2. The van der Waals surface area contributed by atoms with Gasteiger partial charge in [0.1, 0.15) is 11.6 Å². The summed E-state index contributed by atoms with van der Waals surface area (Å²) in [7, 11) is 1.61. The molecule has 1 aliphatic heterocycles. The monoisotopic (exact) mass is 512 g/mol. The first-order valence-electron chi connectivity index (χ1n) is 12.4. The number of methoxy groups -OCH3 is 1. The van der Waals surface area contributed by atoms with Gasteiger partial charge in [-0.3, -0.25) is 9.78 Å². The summed E-state index contributed by atoms with van der Waals surface area (Å²) in [6, 6.07) is 14.1. The standard InChI is InChI=1S/C28H33FN2O4S/c1-35-22-6-7-26-25(17-22)24(9-11-30-26)27(32)8-5-19-10-12-31(18-20(19)15-28(33)34)13-14-36-23-4-2-3-21(29)16-23/h2-4,6-7,9,11,16-17,19-20,27,32H,5,8,10,12-15,18H2,1H3,(H,33,34)/t19-,20+,27+/m1/s1. The molecule has 36 heavy (non-hydrogen) atoms. The number of carbonyl (C=O) groups is 1. The third kappa shape index (κ3) is 6.96. The number of pyridine rings is 1. The van der Waals surface area contributed by atoms with E-state index in [0.29, 0.717) is 12.2 Å². The number of fused-ring (bicyclic) bond motifs is 1. The van der Waals surface area contributed by atoms with Crippen LogP contribution in [0.1, 0.15) is 37.4 Å². The number of thioether (sulfide) groups is 1. The fourth-order valence-electron chi connectivity index (χ4n) is 5.14. The largest absolute Gasteiger partial charge is 0.497 e. The van der Waals surface area contributed by atoms with Gasteiger partial charge in [0.25, 0.3) is 0 Å². The number of aliphatic carboxylic acids is 1. The summed E-state index contributed by atoms with van der Waals surface area (Å²) in [5.74, 6) is 0.804. The van der Waals surface area contributed by atoms with Gasteiger partial charge in [0.15, 0.2) is 0 Å². The van der Waals surface area contributed by atoms with E-state index in [-0.39, 0.29) is 24.1 Å². The normalized spacial score (nSPS) is 19.3. The zero-order valence-corrected chi connectivity index (χ0v) is 21.3. The molecule has 0 bridgehead atoms. The van der Waals surface area contributed by atoms with Gasteiger partial charge in [-0.25, -0.2) is 4.39 Å². The number of aliphatic hydroxyl groups is 1. The molecule has 1 fully saturated rings. The first kappa shape index (κ1) is 26.4. The van der Waals surface area contributed by atoms with Crippen molar-refractivity contribution in [3.8, 4) is 5.75 Å². The lowest BCUT2D eigenvalue weighted by Gasteiger charge is -2.38. The van der Waals surface area contributed by atoms with E-state index in [1.807, 2.05) is 30.3 Å². The molecule has 2 aromatic carbocycles. The van der Waals surface area contributed by atoms with Crippen LogP contribution in [-0.2, 0) is 4.79 Å². The lowest BCUT2D eigenvalue weighted by atomic mass is 9.79. The van der Waals surface area contributed by atoms with Gasteiger partial charge >= 0.3 is 5.97 Å². The van der Waals surface area contributed by atoms with Crippen LogP contribution in [0, 0.1) is 17.7 Å². The molecule has 3 atom stereocenters. The number of hydrogen-bond acceptors (Lipinski definition) is 6. The lowest BCUT2D eigenvalue weighted by Crippen LogP contribution is -2.42. The van der Waals surface area contributed by atoms with E-state index in [1.54, 1.807) is 31.1 Å². The van der Waals surface area contributed by atoms with E-state index < -0.39 is 12.1 Å². The molecule has 0 saturated carbocycles. The van der Waals surface area contributed by atoms with Crippen LogP contribution in [-0.4, -0.2) is 58.6 Å². The SMILES string of the molecule is COc1ccc2nccc([C@@H](O)CC[C@@H]3CCN(CCSc4cccc(F)c4)C[C@@H]3CC(=O)O)c2c1. The molecule has 6 nitrogen and oxygen atoms in total. The van der Waals surface area contributed by atoms with Crippen molar-refractivity contribution >= 4 is 28.6 Å². The Balaban J connectivity index is 1.34. The molecule has 0 aliphatic carbocycles. The third-order valence-electron chi connectivity index (χ3n) is 7.04. The maximum atomic E-state index is 13.4. The van der Waals surface area contributed by atoms with Crippen LogP contribution in [0.15, 0.2) is 59.6 Å². The summed E-state index contributed by atoms with van der Waals surface area (Å²) in [5, 5.41) is 21.4. The van der Waals surface area contributed by atoms with Crippen molar-refractivity contribution in [2.24, 2.45) is 11.8 Å². The minimum absolute atomic E-state index is 0.0388. The molecule has 2 N–H and O–H groups in total. The van der Waals surface area contributed by atoms with Crippen LogP contribution < -0.4 is 4.74 Å². The first-order chi connectivity index (χ1) is 17.4. The quantitative estimate of drug-likeness (QED) is 0.333. The summed E-state index contributed by atoms with van der Waals surface area (Å²) in [6.07, 6.45) is 3.41. The average Bonchev–Trinajstić information content (AvgIpc) is 2.87. The number of hydrogen-bond donors (Lipinski definition) is 2. The molecular formula is C28H33FN2O4S. The van der Waals surface area contributed by atoms with Gasteiger partial charge in [-0.1, -0.05) is 6.07 Å². The van der Waals surface area contributed by atoms with Crippen molar-refractivity contribution in [3.05, 3.63) is 66.1 Å². The molecule has 0 radical (unpaired) electrons. The van der Waals surface area contributed by atoms with Crippen molar-refractivity contribution in [1.82, 2.24) is 9.88 Å². The second-order valence-electron chi connectivity index (χ2n) is 9.39. The van der Waals surface area contributed by atoms with Crippen LogP contribution in [0.5, 0.6) is 5.75 Å². The van der Waals surface area contributed by atoms with Gasteiger partial charge in [0, 0.05) is 41.7 Å². The van der Waals surface area contributed by atoms with Gasteiger partial charge in [0.2, 0.25) is 0 Å². The van der Waals surface area contributed by atoms with Crippen molar-refractivity contribution in [2.75, 3.05) is 32.5 Å². The number of ether oxygens (including phenoxy) is 1. The Morgan fingerprint density at radius 1 is 1.25 bits per heavy atom. The molecule has 1 aromatic heterocycles. The van der Waals surface area contributed by atoms with Gasteiger partial charge in [-0.15, -0.1) is 11.8 Å². The minimum Gasteiger partial charge on any atom is -0.497 e. The Morgan fingerprint density at radius 3 is 2.89 bits per heavy atom. The highest BCUT2D eigenvalue weighted by atomic mass is 32.2. The number of aromatic nitrogens is 1. The molecule has 8 heteroatoms. The highest BCUT2D eigenvalue weighted by molar-refractivity contribution is 7.99. The first-order valence-corrected chi connectivity index (χ1v) is 13.3. The smallest absolute Gasteiger partial charge is 0.303 e.